The molecule has 0 aromatic carbocycles. The summed E-state index contributed by atoms with van der Waals surface area (Å²) >= 11 is 1.47. The molecule has 0 aliphatic carbocycles. The number of thiazole rings is 1. The molecule has 0 bridgehead atoms. The van der Waals surface area contributed by atoms with Gasteiger partial charge in [-0.1, -0.05) is 11.3 Å². The van der Waals surface area contributed by atoms with E-state index in [4.69, 9.17) is 4.74 Å². The van der Waals surface area contributed by atoms with Crippen LogP contribution in [-0.4, -0.2) is 56.5 Å². The second-order valence-corrected chi connectivity index (χ2v) is 6.07. The molecule has 0 spiro atoms. The third-order valence-electron chi connectivity index (χ3n) is 3.50. The van der Waals surface area contributed by atoms with Gasteiger partial charge in [0.05, 0.1) is 17.2 Å². The minimum absolute atomic E-state index is 0.398. The molecule has 19 heavy (non-hydrogen) atoms. The van der Waals surface area contributed by atoms with Crippen LogP contribution in [-0.2, 0) is 11.3 Å². The van der Waals surface area contributed by atoms with E-state index in [0.717, 1.165) is 30.2 Å². The van der Waals surface area contributed by atoms with Crippen molar-refractivity contribution in [3.05, 3.63) is 10.6 Å². The zero-order valence-electron chi connectivity index (χ0n) is 11.8. The molecule has 1 aromatic rings. The van der Waals surface area contributed by atoms with E-state index in [1.807, 2.05) is 0 Å². The Morgan fingerprint density at radius 2 is 2.37 bits per heavy atom. The van der Waals surface area contributed by atoms with Crippen molar-refractivity contribution in [2.75, 3.05) is 39.2 Å². The fraction of sp³-hybridized carbons (Fsp3) is 0.692. The van der Waals surface area contributed by atoms with Gasteiger partial charge in [-0.05, 0) is 26.9 Å². The summed E-state index contributed by atoms with van der Waals surface area (Å²) in [5.41, 5.74) is 0.754. The van der Waals surface area contributed by atoms with Gasteiger partial charge in [0.15, 0.2) is 11.4 Å². The molecule has 0 amide bonds. The highest BCUT2D eigenvalue weighted by atomic mass is 32.1. The Bertz CT molecular complexity index is 434. The van der Waals surface area contributed by atoms with Crippen LogP contribution in [0.1, 0.15) is 28.2 Å². The Kier molecular flexibility index (Phi) is 4.90. The molecule has 106 valence electrons. The summed E-state index contributed by atoms with van der Waals surface area (Å²) in [6, 6.07) is 0.559. The smallest absolute Gasteiger partial charge is 0.186 e. The van der Waals surface area contributed by atoms with E-state index >= 15 is 0 Å². The summed E-state index contributed by atoms with van der Waals surface area (Å²) in [5.74, 6) is 0. The highest BCUT2D eigenvalue weighted by Crippen LogP contribution is 2.28. The van der Waals surface area contributed by atoms with Crippen LogP contribution >= 0.6 is 11.3 Å². The topological polar surface area (TPSA) is 45.7 Å². The first-order valence-electron chi connectivity index (χ1n) is 6.51. The fourth-order valence-corrected chi connectivity index (χ4v) is 3.29. The lowest BCUT2D eigenvalue weighted by atomic mass is 10.1. The predicted octanol–water partition coefficient (Wildman–Crippen LogP) is 1.63. The number of aromatic nitrogens is 1. The number of carbonyl (C=O) groups is 1. The van der Waals surface area contributed by atoms with Gasteiger partial charge >= 0.3 is 0 Å². The van der Waals surface area contributed by atoms with Crippen LogP contribution in [0.15, 0.2) is 0 Å². The molecule has 1 aliphatic heterocycles. The number of anilines is 1. The Morgan fingerprint density at radius 1 is 1.58 bits per heavy atom. The molecule has 1 aliphatic rings. The van der Waals surface area contributed by atoms with E-state index in [2.05, 4.69) is 28.9 Å². The van der Waals surface area contributed by atoms with Gasteiger partial charge in [-0.3, -0.25) is 4.79 Å². The second-order valence-electron chi connectivity index (χ2n) is 5.06. The van der Waals surface area contributed by atoms with Crippen LogP contribution in [0.3, 0.4) is 0 Å². The first kappa shape index (κ1) is 14.4. The van der Waals surface area contributed by atoms with E-state index in [1.165, 1.54) is 24.2 Å². The maximum atomic E-state index is 11.1. The Labute approximate surface area is 118 Å². The van der Waals surface area contributed by atoms with E-state index < -0.39 is 0 Å². The van der Waals surface area contributed by atoms with Gasteiger partial charge in [0.1, 0.15) is 0 Å². The van der Waals surface area contributed by atoms with Crippen LogP contribution in [0.25, 0.3) is 0 Å². The SMILES string of the molecule is COCc1nc(N2CCCC(N(C)C)C2)sc1C=O. The molecule has 1 atom stereocenters. The lowest BCUT2D eigenvalue weighted by molar-refractivity contribution is 0.112. The third-order valence-corrected chi connectivity index (χ3v) is 4.59. The third kappa shape index (κ3) is 3.32. The van der Waals surface area contributed by atoms with E-state index in [9.17, 15) is 4.79 Å². The van der Waals surface area contributed by atoms with Crippen molar-refractivity contribution in [1.82, 2.24) is 9.88 Å². The summed E-state index contributed by atoms with van der Waals surface area (Å²) in [6.45, 7) is 2.39. The molecule has 1 saturated heterocycles. The molecule has 0 saturated carbocycles. The van der Waals surface area contributed by atoms with E-state index in [-0.39, 0.29) is 0 Å². The summed E-state index contributed by atoms with van der Waals surface area (Å²) in [4.78, 5) is 20.8. The van der Waals surface area contributed by atoms with Crippen LogP contribution in [0.2, 0.25) is 0 Å². The number of hydrogen-bond acceptors (Lipinski definition) is 6. The molecular weight excluding hydrogens is 262 g/mol. The van der Waals surface area contributed by atoms with Crippen molar-refractivity contribution >= 4 is 22.8 Å². The van der Waals surface area contributed by atoms with Crippen molar-refractivity contribution in [3.8, 4) is 0 Å². The maximum Gasteiger partial charge on any atom is 0.186 e. The zero-order chi connectivity index (χ0) is 13.8. The van der Waals surface area contributed by atoms with Gasteiger partial charge in [0.2, 0.25) is 0 Å². The number of hydrogen-bond donors (Lipinski definition) is 0. The minimum atomic E-state index is 0.398. The molecular formula is C13H21N3O2S. The monoisotopic (exact) mass is 283 g/mol. The van der Waals surface area contributed by atoms with Crippen molar-refractivity contribution in [1.29, 1.82) is 0 Å². The van der Waals surface area contributed by atoms with Crippen LogP contribution in [0.5, 0.6) is 0 Å². The average molecular weight is 283 g/mol. The summed E-state index contributed by atoms with van der Waals surface area (Å²) < 4.78 is 5.09. The molecule has 2 heterocycles. The Morgan fingerprint density at radius 3 is 3.00 bits per heavy atom. The molecule has 0 N–H and O–H groups in total. The van der Waals surface area contributed by atoms with Gasteiger partial charge in [0, 0.05) is 26.2 Å². The number of nitrogens with zero attached hydrogens (tertiary/aromatic N) is 3. The molecule has 1 aromatic heterocycles. The van der Waals surface area contributed by atoms with E-state index in [1.54, 1.807) is 7.11 Å². The number of likely N-dealkylation sites (N-methyl/N-ethyl adjacent to an activating group) is 1. The van der Waals surface area contributed by atoms with Crippen molar-refractivity contribution in [2.45, 2.75) is 25.5 Å². The molecule has 0 radical (unpaired) electrons. The largest absolute Gasteiger partial charge is 0.378 e. The number of carbonyl (C=O) groups excluding carboxylic acids is 1. The van der Waals surface area contributed by atoms with Gasteiger partial charge in [0.25, 0.3) is 0 Å². The first-order chi connectivity index (χ1) is 9.15. The average Bonchev–Trinajstić information content (AvgIpc) is 2.82. The lowest BCUT2D eigenvalue weighted by Gasteiger charge is -2.35. The molecule has 1 unspecified atom stereocenters. The zero-order valence-corrected chi connectivity index (χ0v) is 12.6. The normalized spacial score (nSPS) is 20.0. The number of aldehydes is 1. The molecule has 1 fully saturated rings. The van der Waals surface area contributed by atoms with Gasteiger partial charge in [-0.25, -0.2) is 4.98 Å². The fourth-order valence-electron chi connectivity index (χ4n) is 2.37. The summed E-state index contributed by atoms with van der Waals surface area (Å²) in [5, 5.41) is 0.945. The summed E-state index contributed by atoms with van der Waals surface area (Å²) in [6.07, 6.45) is 3.27. The lowest BCUT2D eigenvalue weighted by Crippen LogP contribution is -2.45. The Hall–Kier alpha value is -0.980. The Balaban J connectivity index is 2.14. The number of ether oxygens (including phenoxy) is 1. The quantitative estimate of drug-likeness (QED) is 0.769. The molecule has 2 rings (SSSR count). The van der Waals surface area contributed by atoms with Crippen molar-refractivity contribution in [3.63, 3.8) is 0 Å². The standard InChI is InChI=1S/C13H21N3O2S/c1-15(2)10-5-4-6-16(7-10)13-14-11(9-18-3)12(8-17)19-13/h8,10H,4-7,9H2,1-3H3. The number of methoxy groups -OCH3 is 1. The van der Waals surface area contributed by atoms with Gasteiger partial charge in [-0.2, -0.15) is 0 Å². The number of rotatable bonds is 5. The van der Waals surface area contributed by atoms with Crippen LogP contribution in [0.4, 0.5) is 5.13 Å². The highest BCUT2D eigenvalue weighted by Gasteiger charge is 2.24. The molecule has 5 nitrogen and oxygen atoms in total. The van der Waals surface area contributed by atoms with Gasteiger partial charge in [-0.15, -0.1) is 0 Å². The first-order valence-corrected chi connectivity index (χ1v) is 7.32. The second kappa shape index (κ2) is 6.45. The van der Waals surface area contributed by atoms with Crippen LogP contribution in [0, 0.1) is 0 Å². The van der Waals surface area contributed by atoms with Crippen molar-refractivity contribution in [2.24, 2.45) is 0 Å². The highest BCUT2D eigenvalue weighted by molar-refractivity contribution is 7.17. The minimum Gasteiger partial charge on any atom is -0.378 e. The van der Waals surface area contributed by atoms with Crippen molar-refractivity contribution < 1.29 is 9.53 Å². The maximum absolute atomic E-state index is 11.1. The van der Waals surface area contributed by atoms with E-state index in [0.29, 0.717) is 17.5 Å². The number of piperidine rings is 1. The van der Waals surface area contributed by atoms with Gasteiger partial charge < -0.3 is 14.5 Å². The predicted molar refractivity (Wildman–Crippen MR) is 77.1 cm³/mol. The van der Waals surface area contributed by atoms with Crippen LogP contribution < -0.4 is 4.90 Å². The summed E-state index contributed by atoms with van der Waals surface area (Å²) in [7, 11) is 5.85. The molecule has 6 heteroatoms.